The summed E-state index contributed by atoms with van der Waals surface area (Å²) in [7, 11) is 0.486. The first-order valence-electron chi connectivity index (χ1n) is 12.5. The minimum atomic E-state index is -1.18. The van der Waals surface area contributed by atoms with Gasteiger partial charge in [0, 0.05) is 23.5 Å². The second-order valence-corrected chi connectivity index (χ2v) is 11.5. The molecule has 0 aliphatic carbocycles. The molecule has 1 N–H and O–H groups in total. The lowest BCUT2D eigenvalue weighted by molar-refractivity contribution is -0.138. The number of para-hydroxylation sites is 1. The number of nitrogens with one attached hydrogen (secondary N) is 1. The number of carbonyl (C=O) groups excluding carboxylic acids is 1. The quantitative estimate of drug-likeness (QED) is 0.190. The molecule has 8 heteroatoms. The van der Waals surface area contributed by atoms with E-state index in [0.29, 0.717) is 18.7 Å². The predicted molar refractivity (Wildman–Crippen MR) is 152 cm³/mol. The number of thiophene rings is 1. The van der Waals surface area contributed by atoms with E-state index in [9.17, 15) is 9.00 Å². The first kappa shape index (κ1) is 27.1. The molecule has 1 aliphatic rings. The Balaban J connectivity index is 1.42. The Morgan fingerprint density at radius 2 is 1.95 bits per heavy atom. The van der Waals surface area contributed by atoms with E-state index in [1.165, 1.54) is 11.1 Å². The highest BCUT2D eigenvalue weighted by molar-refractivity contribution is 7.85. The lowest BCUT2D eigenvalue weighted by Gasteiger charge is -2.34. The number of carbonyl (C=O) groups is 1. The SMILES string of the molecule is CCOC(=O)/C(C)=C/c1cc(OC)c(CNCCCN2c3ccccc3S(=O)c3ccc(C)c(C)c32)s1. The van der Waals surface area contributed by atoms with Gasteiger partial charge in [-0.3, -0.25) is 0 Å². The standard InChI is InChI=1S/C29H34N2O4S2/c1-6-35-29(32)20(3)16-22-17-24(34-5)25(36-22)18-30-14-9-15-31-23-10-7-8-11-26(23)37(33)27-13-12-19(2)21(4)28(27)31/h7-8,10-13,16-17,30H,6,9,14-15,18H2,1-5H3/b20-16+. The fraction of sp³-hybridized carbons (Fsp3) is 0.345. The normalized spacial score (nSPS) is 14.8. The van der Waals surface area contributed by atoms with Crippen molar-refractivity contribution in [3.05, 3.63) is 68.9 Å². The van der Waals surface area contributed by atoms with Gasteiger partial charge in [0.25, 0.3) is 0 Å². The smallest absolute Gasteiger partial charge is 0.333 e. The molecule has 6 nitrogen and oxygen atoms in total. The fourth-order valence-corrected chi connectivity index (χ4v) is 6.99. The van der Waals surface area contributed by atoms with Crippen molar-refractivity contribution >= 4 is 45.6 Å². The molecular formula is C29H34N2O4S2. The van der Waals surface area contributed by atoms with Gasteiger partial charge >= 0.3 is 5.97 Å². The van der Waals surface area contributed by atoms with Gasteiger partial charge in [0.15, 0.2) is 0 Å². The van der Waals surface area contributed by atoms with Crippen molar-refractivity contribution in [2.75, 3.05) is 31.7 Å². The number of benzene rings is 2. The third-order valence-corrected chi connectivity index (χ3v) is 9.01. The zero-order chi connectivity index (χ0) is 26.5. The highest BCUT2D eigenvalue weighted by Gasteiger charge is 2.29. The zero-order valence-electron chi connectivity index (χ0n) is 22.1. The molecule has 1 aliphatic heterocycles. The molecule has 2 heterocycles. The Morgan fingerprint density at radius 1 is 1.16 bits per heavy atom. The summed E-state index contributed by atoms with van der Waals surface area (Å²) < 4.78 is 23.9. The van der Waals surface area contributed by atoms with E-state index in [-0.39, 0.29) is 5.97 Å². The molecule has 3 aromatic rings. The van der Waals surface area contributed by atoms with Crippen LogP contribution >= 0.6 is 11.3 Å². The Bertz CT molecular complexity index is 1350. The predicted octanol–water partition coefficient (Wildman–Crippen LogP) is 6.14. The molecule has 1 unspecified atom stereocenters. The molecule has 196 valence electrons. The number of rotatable bonds is 10. The topological polar surface area (TPSA) is 67.9 Å². The zero-order valence-corrected chi connectivity index (χ0v) is 23.7. The maximum absolute atomic E-state index is 13.3. The van der Waals surface area contributed by atoms with E-state index in [1.807, 2.05) is 36.4 Å². The number of methoxy groups -OCH3 is 1. The van der Waals surface area contributed by atoms with Crippen LogP contribution in [-0.2, 0) is 26.9 Å². The van der Waals surface area contributed by atoms with Gasteiger partial charge in [-0.2, -0.15) is 0 Å². The molecule has 0 spiro atoms. The van der Waals surface area contributed by atoms with Gasteiger partial charge in [-0.25, -0.2) is 9.00 Å². The van der Waals surface area contributed by atoms with Crippen molar-refractivity contribution in [2.24, 2.45) is 0 Å². The molecule has 0 amide bonds. The Hall–Kier alpha value is -2.94. The Labute approximate surface area is 225 Å². The summed E-state index contributed by atoms with van der Waals surface area (Å²) in [6.45, 7) is 10.4. The van der Waals surface area contributed by atoms with Crippen LogP contribution in [-0.4, -0.2) is 37.0 Å². The van der Waals surface area contributed by atoms with Crippen LogP contribution in [0.15, 0.2) is 57.8 Å². The Morgan fingerprint density at radius 3 is 2.70 bits per heavy atom. The van der Waals surface area contributed by atoms with Crippen molar-refractivity contribution in [1.82, 2.24) is 5.32 Å². The maximum Gasteiger partial charge on any atom is 0.333 e. The van der Waals surface area contributed by atoms with Gasteiger partial charge in [-0.1, -0.05) is 18.2 Å². The van der Waals surface area contributed by atoms with Gasteiger partial charge in [0.1, 0.15) is 5.75 Å². The number of nitrogens with zero attached hydrogens (tertiary/aromatic N) is 1. The van der Waals surface area contributed by atoms with Gasteiger partial charge in [0.2, 0.25) is 0 Å². The highest BCUT2D eigenvalue weighted by atomic mass is 32.2. The van der Waals surface area contributed by atoms with Crippen LogP contribution in [0.2, 0.25) is 0 Å². The van der Waals surface area contributed by atoms with Crippen LogP contribution in [0, 0.1) is 13.8 Å². The molecule has 0 saturated carbocycles. The van der Waals surface area contributed by atoms with Crippen LogP contribution in [0.5, 0.6) is 5.75 Å². The number of ether oxygens (including phenoxy) is 2. The van der Waals surface area contributed by atoms with Crippen LogP contribution in [0.1, 0.15) is 41.1 Å². The first-order valence-corrected chi connectivity index (χ1v) is 14.4. The Kier molecular flexibility index (Phi) is 8.84. The first-order chi connectivity index (χ1) is 17.8. The van der Waals surface area contributed by atoms with Crippen LogP contribution < -0.4 is 15.0 Å². The summed E-state index contributed by atoms with van der Waals surface area (Å²) in [5, 5.41) is 3.54. The van der Waals surface area contributed by atoms with Crippen molar-refractivity contribution in [3.63, 3.8) is 0 Å². The van der Waals surface area contributed by atoms with E-state index in [0.717, 1.165) is 56.2 Å². The fourth-order valence-electron chi connectivity index (χ4n) is 4.45. The molecular weight excluding hydrogens is 504 g/mol. The van der Waals surface area contributed by atoms with E-state index < -0.39 is 10.8 Å². The maximum atomic E-state index is 13.3. The summed E-state index contributed by atoms with van der Waals surface area (Å²) >= 11 is 1.60. The lowest BCUT2D eigenvalue weighted by atomic mass is 10.1. The molecule has 1 atom stereocenters. The van der Waals surface area contributed by atoms with E-state index in [4.69, 9.17) is 9.47 Å². The van der Waals surface area contributed by atoms with Gasteiger partial charge in [-0.05, 0) is 82.1 Å². The number of esters is 1. The molecule has 37 heavy (non-hydrogen) atoms. The second-order valence-electron chi connectivity index (χ2n) is 8.96. The van der Waals surface area contributed by atoms with Crippen LogP contribution in [0.3, 0.4) is 0 Å². The third kappa shape index (κ3) is 5.81. The lowest BCUT2D eigenvalue weighted by Crippen LogP contribution is -2.28. The van der Waals surface area contributed by atoms with Gasteiger partial charge in [-0.15, -0.1) is 11.3 Å². The summed E-state index contributed by atoms with van der Waals surface area (Å²) in [5.74, 6) is 0.512. The molecule has 0 radical (unpaired) electrons. The average Bonchev–Trinajstić information content (AvgIpc) is 3.29. The summed E-state index contributed by atoms with van der Waals surface area (Å²) in [6.07, 6.45) is 2.75. The van der Waals surface area contributed by atoms with E-state index >= 15 is 0 Å². The molecule has 4 rings (SSSR count). The molecule has 0 bridgehead atoms. The monoisotopic (exact) mass is 538 g/mol. The number of hydrogen-bond donors (Lipinski definition) is 1. The van der Waals surface area contributed by atoms with Crippen molar-refractivity contribution in [2.45, 2.75) is 50.5 Å². The van der Waals surface area contributed by atoms with Gasteiger partial charge in [0.05, 0.1) is 50.6 Å². The van der Waals surface area contributed by atoms with Crippen LogP contribution in [0.25, 0.3) is 6.08 Å². The minimum absolute atomic E-state index is 0.301. The molecule has 0 fully saturated rings. The van der Waals surface area contributed by atoms with E-state index in [1.54, 1.807) is 32.3 Å². The average molecular weight is 539 g/mol. The summed E-state index contributed by atoms with van der Waals surface area (Å²) in [4.78, 5) is 18.1. The second kappa shape index (κ2) is 12.1. The number of fused-ring (bicyclic) bond motifs is 2. The number of hydrogen-bond acceptors (Lipinski definition) is 7. The summed E-state index contributed by atoms with van der Waals surface area (Å²) in [6, 6.07) is 14.0. The third-order valence-electron chi connectivity index (χ3n) is 6.48. The molecule has 2 aromatic carbocycles. The molecule has 0 saturated heterocycles. The minimum Gasteiger partial charge on any atom is -0.496 e. The summed E-state index contributed by atoms with van der Waals surface area (Å²) in [5.41, 5.74) is 5.04. The highest BCUT2D eigenvalue weighted by Crippen LogP contribution is 2.44. The molecule has 1 aromatic heterocycles. The number of aryl methyl sites for hydroxylation is 1. The number of anilines is 2. The largest absolute Gasteiger partial charge is 0.496 e. The van der Waals surface area contributed by atoms with E-state index in [2.05, 4.69) is 36.2 Å². The van der Waals surface area contributed by atoms with Crippen molar-refractivity contribution in [3.8, 4) is 5.75 Å². The van der Waals surface area contributed by atoms with Crippen LogP contribution in [0.4, 0.5) is 11.4 Å². The van der Waals surface area contributed by atoms with Crippen molar-refractivity contribution in [1.29, 1.82) is 0 Å². The van der Waals surface area contributed by atoms with Gasteiger partial charge < -0.3 is 19.7 Å². The van der Waals surface area contributed by atoms with Crippen molar-refractivity contribution < 1.29 is 18.5 Å².